The minimum atomic E-state index is -0.867. The van der Waals surface area contributed by atoms with Gasteiger partial charge in [0.25, 0.3) is 0 Å². The third-order valence-corrected chi connectivity index (χ3v) is 5.59. The Kier molecular flexibility index (Phi) is 4.51. The molecule has 2 N–H and O–H groups in total. The quantitative estimate of drug-likeness (QED) is 0.542. The SMILES string of the molecule is CC(=O)c1ccc(C(O)Nc2sc(-c3cccnc3)nc2C)s1. The molecule has 3 aromatic heterocycles. The van der Waals surface area contributed by atoms with Gasteiger partial charge in [0.2, 0.25) is 0 Å². The molecular weight excluding hydrogens is 330 g/mol. The highest BCUT2D eigenvalue weighted by atomic mass is 32.1. The summed E-state index contributed by atoms with van der Waals surface area (Å²) in [7, 11) is 0. The van der Waals surface area contributed by atoms with Gasteiger partial charge in [0.05, 0.1) is 15.4 Å². The van der Waals surface area contributed by atoms with E-state index >= 15 is 0 Å². The summed E-state index contributed by atoms with van der Waals surface area (Å²) in [6, 6.07) is 7.30. The highest BCUT2D eigenvalue weighted by Crippen LogP contribution is 2.34. The van der Waals surface area contributed by atoms with Crippen LogP contribution in [0.1, 0.15) is 33.4 Å². The van der Waals surface area contributed by atoms with E-state index < -0.39 is 6.23 Å². The van der Waals surface area contributed by atoms with E-state index in [9.17, 15) is 9.90 Å². The number of aryl methyl sites for hydroxylation is 1. The zero-order valence-corrected chi connectivity index (χ0v) is 14.2. The third kappa shape index (κ3) is 3.47. The number of anilines is 1. The molecule has 3 heterocycles. The summed E-state index contributed by atoms with van der Waals surface area (Å²) >= 11 is 2.75. The largest absolute Gasteiger partial charge is 0.369 e. The molecule has 3 aromatic rings. The number of aliphatic hydroxyl groups excluding tert-OH is 1. The number of thiazole rings is 1. The van der Waals surface area contributed by atoms with Gasteiger partial charge in [-0.1, -0.05) is 11.3 Å². The van der Waals surface area contributed by atoms with Crippen LogP contribution in [0, 0.1) is 6.92 Å². The number of Topliss-reactive ketones (excluding diaryl/α,β-unsaturated/α-hetero) is 1. The molecule has 3 rings (SSSR count). The Morgan fingerprint density at radius 3 is 2.78 bits per heavy atom. The lowest BCUT2D eigenvalue weighted by Gasteiger charge is -2.10. The second kappa shape index (κ2) is 6.57. The van der Waals surface area contributed by atoms with E-state index in [1.54, 1.807) is 24.5 Å². The average molecular weight is 345 g/mol. The molecular formula is C16H15N3O2S2. The number of pyridine rings is 1. The number of aromatic nitrogens is 2. The molecule has 23 heavy (non-hydrogen) atoms. The van der Waals surface area contributed by atoms with Crippen LogP contribution >= 0.6 is 22.7 Å². The van der Waals surface area contributed by atoms with Crippen molar-refractivity contribution in [1.29, 1.82) is 0 Å². The molecule has 0 aliphatic rings. The molecule has 0 radical (unpaired) electrons. The van der Waals surface area contributed by atoms with E-state index in [4.69, 9.17) is 0 Å². The van der Waals surface area contributed by atoms with Gasteiger partial charge in [-0.2, -0.15) is 0 Å². The van der Waals surface area contributed by atoms with Crippen molar-refractivity contribution in [3.8, 4) is 10.6 Å². The maximum Gasteiger partial charge on any atom is 0.169 e. The van der Waals surface area contributed by atoms with Crippen LogP contribution in [0.15, 0.2) is 36.7 Å². The van der Waals surface area contributed by atoms with Gasteiger partial charge >= 0.3 is 0 Å². The first-order chi connectivity index (χ1) is 11.0. The molecule has 1 atom stereocenters. The maximum atomic E-state index is 11.3. The first-order valence-electron chi connectivity index (χ1n) is 6.97. The molecule has 0 amide bonds. The van der Waals surface area contributed by atoms with Crippen molar-refractivity contribution >= 4 is 33.5 Å². The monoisotopic (exact) mass is 345 g/mol. The van der Waals surface area contributed by atoms with Gasteiger partial charge in [0.1, 0.15) is 10.0 Å². The number of hydrogen-bond acceptors (Lipinski definition) is 7. The normalized spacial score (nSPS) is 12.1. The number of carbonyl (C=O) groups is 1. The fourth-order valence-corrected chi connectivity index (χ4v) is 3.85. The lowest BCUT2D eigenvalue weighted by Crippen LogP contribution is -2.07. The lowest BCUT2D eigenvalue weighted by atomic mass is 10.3. The predicted molar refractivity (Wildman–Crippen MR) is 93.0 cm³/mol. The number of aliphatic hydroxyl groups is 1. The molecule has 0 saturated heterocycles. The van der Waals surface area contributed by atoms with Crippen LogP contribution in [-0.2, 0) is 0 Å². The minimum Gasteiger partial charge on any atom is -0.369 e. The molecule has 0 aromatic carbocycles. The molecule has 7 heteroatoms. The molecule has 118 valence electrons. The molecule has 0 aliphatic heterocycles. The van der Waals surface area contributed by atoms with Crippen molar-refractivity contribution in [2.24, 2.45) is 0 Å². The molecule has 0 bridgehead atoms. The van der Waals surface area contributed by atoms with Crippen LogP contribution in [-0.4, -0.2) is 20.9 Å². The standard InChI is InChI=1S/C16H15N3O2S2/c1-9-15(23-16(18-9)11-4-3-7-17-8-11)19-14(21)13-6-5-12(22-13)10(2)20/h3-8,14,19,21H,1-2H3. The van der Waals surface area contributed by atoms with Crippen LogP contribution in [0.4, 0.5) is 5.00 Å². The number of rotatable bonds is 5. The van der Waals surface area contributed by atoms with Gasteiger partial charge in [0.15, 0.2) is 12.0 Å². The Morgan fingerprint density at radius 2 is 2.13 bits per heavy atom. The van der Waals surface area contributed by atoms with E-state index in [-0.39, 0.29) is 5.78 Å². The molecule has 0 saturated carbocycles. The zero-order valence-electron chi connectivity index (χ0n) is 12.6. The predicted octanol–water partition coefficient (Wildman–Crippen LogP) is 3.88. The fourth-order valence-electron chi connectivity index (χ4n) is 2.03. The Balaban J connectivity index is 1.79. The van der Waals surface area contributed by atoms with Gasteiger partial charge < -0.3 is 10.4 Å². The number of ketones is 1. The van der Waals surface area contributed by atoms with Gasteiger partial charge in [-0.15, -0.1) is 11.3 Å². The van der Waals surface area contributed by atoms with Gasteiger partial charge in [-0.25, -0.2) is 4.98 Å². The van der Waals surface area contributed by atoms with Gasteiger partial charge in [0, 0.05) is 18.0 Å². The topological polar surface area (TPSA) is 75.1 Å². The smallest absolute Gasteiger partial charge is 0.169 e. The van der Waals surface area contributed by atoms with Crippen LogP contribution < -0.4 is 5.32 Å². The van der Waals surface area contributed by atoms with E-state index in [1.807, 2.05) is 19.1 Å². The summed E-state index contributed by atoms with van der Waals surface area (Å²) in [5.74, 6) is 0.00119. The number of hydrogen-bond donors (Lipinski definition) is 2. The van der Waals surface area contributed by atoms with E-state index in [2.05, 4.69) is 15.3 Å². The Hall–Kier alpha value is -2.09. The summed E-state index contributed by atoms with van der Waals surface area (Å²) in [6.45, 7) is 3.41. The molecule has 0 spiro atoms. The second-order valence-corrected chi connectivity index (χ2v) is 7.09. The number of nitrogens with one attached hydrogen (secondary N) is 1. The highest BCUT2D eigenvalue weighted by molar-refractivity contribution is 7.19. The zero-order chi connectivity index (χ0) is 16.4. The van der Waals surface area contributed by atoms with Crippen LogP contribution in [0.25, 0.3) is 10.6 Å². The van der Waals surface area contributed by atoms with Crippen LogP contribution in [0.5, 0.6) is 0 Å². The van der Waals surface area contributed by atoms with Crippen LogP contribution in [0.2, 0.25) is 0 Å². The van der Waals surface area contributed by atoms with Crippen LogP contribution in [0.3, 0.4) is 0 Å². The van der Waals surface area contributed by atoms with Gasteiger partial charge in [-0.05, 0) is 38.1 Å². The highest BCUT2D eigenvalue weighted by Gasteiger charge is 2.16. The second-order valence-electron chi connectivity index (χ2n) is 4.98. The van der Waals surface area contributed by atoms with Gasteiger partial charge in [-0.3, -0.25) is 9.78 Å². The molecule has 1 unspecified atom stereocenters. The number of thiophene rings is 1. The van der Waals surface area contributed by atoms with Crippen molar-refractivity contribution in [1.82, 2.24) is 9.97 Å². The van der Waals surface area contributed by atoms with Crippen molar-refractivity contribution < 1.29 is 9.90 Å². The Labute approximate surface area is 141 Å². The molecule has 0 aliphatic carbocycles. The third-order valence-electron chi connectivity index (χ3n) is 3.22. The van der Waals surface area contributed by atoms with E-state index in [1.165, 1.54) is 29.6 Å². The molecule has 5 nitrogen and oxygen atoms in total. The number of carbonyl (C=O) groups excluding carboxylic acids is 1. The minimum absolute atomic E-state index is 0.00119. The van der Waals surface area contributed by atoms with E-state index in [0.717, 1.165) is 21.3 Å². The average Bonchev–Trinajstić information content (AvgIpc) is 3.16. The lowest BCUT2D eigenvalue weighted by molar-refractivity contribution is 0.102. The summed E-state index contributed by atoms with van der Waals surface area (Å²) in [4.78, 5) is 21.3. The molecule has 0 fully saturated rings. The summed E-state index contributed by atoms with van der Waals surface area (Å²) in [6.07, 6.45) is 2.61. The first-order valence-corrected chi connectivity index (χ1v) is 8.61. The fraction of sp³-hybridized carbons (Fsp3) is 0.188. The van der Waals surface area contributed by atoms with Crippen molar-refractivity contribution in [2.45, 2.75) is 20.1 Å². The summed E-state index contributed by atoms with van der Waals surface area (Å²) in [5.41, 5.74) is 1.76. The Morgan fingerprint density at radius 1 is 1.30 bits per heavy atom. The number of nitrogens with zero attached hydrogens (tertiary/aromatic N) is 2. The van der Waals surface area contributed by atoms with E-state index in [0.29, 0.717) is 9.75 Å². The first kappa shape index (κ1) is 15.8. The summed E-state index contributed by atoms with van der Waals surface area (Å²) < 4.78 is 0. The summed E-state index contributed by atoms with van der Waals surface area (Å²) in [5, 5.41) is 15.0. The van der Waals surface area contributed by atoms with Crippen molar-refractivity contribution in [2.75, 3.05) is 5.32 Å². The van der Waals surface area contributed by atoms with Crippen molar-refractivity contribution in [3.05, 3.63) is 52.1 Å². The Bertz CT molecular complexity index is 827. The van der Waals surface area contributed by atoms with Crippen molar-refractivity contribution in [3.63, 3.8) is 0 Å². The maximum absolute atomic E-state index is 11.3.